The highest BCUT2D eigenvalue weighted by molar-refractivity contribution is 5.63. The molecule has 0 fully saturated rings. The summed E-state index contributed by atoms with van der Waals surface area (Å²) in [5, 5.41) is 3.26. The number of hydrogen-bond donors (Lipinski definition) is 1. The standard InChI is InChI=1S/C20H22N4O/c1-3-24(4-2)19-14-15-21-20(23-19)22-17-12-8-9-13-18(17)25-16-10-6-5-7-11-16/h5-15H,3-4H2,1-2H3,(H,21,22,23). The van der Waals surface area contributed by atoms with Gasteiger partial charge < -0.3 is 15.0 Å². The maximum atomic E-state index is 5.97. The van der Waals surface area contributed by atoms with Gasteiger partial charge in [0.15, 0.2) is 5.75 Å². The van der Waals surface area contributed by atoms with Crippen LogP contribution in [0.2, 0.25) is 0 Å². The molecule has 1 heterocycles. The van der Waals surface area contributed by atoms with Crippen LogP contribution in [-0.2, 0) is 0 Å². The van der Waals surface area contributed by atoms with Crippen LogP contribution in [0.1, 0.15) is 13.8 Å². The molecule has 0 saturated carbocycles. The summed E-state index contributed by atoms with van der Waals surface area (Å²) in [4.78, 5) is 11.1. The number of hydrogen-bond acceptors (Lipinski definition) is 5. The third kappa shape index (κ3) is 4.26. The first-order chi connectivity index (χ1) is 12.3. The molecule has 0 saturated heterocycles. The number of nitrogens with zero attached hydrogens (tertiary/aromatic N) is 3. The van der Waals surface area contributed by atoms with E-state index in [1.54, 1.807) is 6.20 Å². The van der Waals surface area contributed by atoms with Crippen molar-refractivity contribution in [3.05, 3.63) is 66.9 Å². The van der Waals surface area contributed by atoms with Crippen LogP contribution in [0.4, 0.5) is 17.5 Å². The average molecular weight is 334 g/mol. The zero-order valence-corrected chi connectivity index (χ0v) is 14.5. The van der Waals surface area contributed by atoms with Crippen LogP contribution in [0.25, 0.3) is 0 Å². The van der Waals surface area contributed by atoms with Crippen LogP contribution in [0.15, 0.2) is 66.9 Å². The number of para-hydroxylation sites is 3. The Balaban J connectivity index is 1.83. The Hall–Kier alpha value is -3.08. The van der Waals surface area contributed by atoms with E-state index in [-0.39, 0.29) is 0 Å². The summed E-state index contributed by atoms with van der Waals surface area (Å²) in [7, 11) is 0. The highest BCUT2D eigenvalue weighted by atomic mass is 16.5. The predicted molar refractivity (Wildman–Crippen MR) is 102 cm³/mol. The minimum Gasteiger partial charge on any atom is -0.455 e. The highest BCUT2D eigenvalue weighted by Gasteiger charge is 2.09. The zero-order valence-electron chi connectivity index (χ0n) is 14.5. The molecule has 3 aromatic rings. The molecular formula is C20H22N4O. The maximum Gasteiger partial charge on any atom is 0.229 e. The fraction of sp³-hybridized carbons (Fsp3) is 0.200. The highest BCUT2D eigenvalue weighted by Crippen LogP contribution is 2.30. The molecule has 0 atom stereocenters. The molecule has 0 unspecified atom stereocenters. The molecule has 2 aromatic carbocycles. The molecule has 1 aromatic heterocycles. The van der Waals surface area contributed by atoms with Crippen molar-refractivity contribution in [1.82, 2.24) is 9.97 Å². The molecule has 0 aliphatic carbocycles. The Morgan fingerprint density at radius 3 is 2.40 bits per heavy atom. The molecule has 0 amide bonds. The van der Waals surface area contributed by atoms with Gasteiger partial charge in [-0.25, -0.2) is 4.98 Å². The van der Waals surface area contributed by atoms with E-state index < -0.39 is 0 Å². The quantitative estimate of drug-likeness (QED) is 0.669. The van der Waals surface area contributed by atoms with Crippen LogP contribution < -0.4 is 15.0 Å². The second kappa shape index (κ2) is 8.15. The first kappa shape index (κ1) is 16.8. The van der Waals surface area contributed by atoms with Crippen molar-refractivity contribution in [3.63, 3.8) is 0 Å². The molecule has 3 rings (SSSR count). The van der Waals surface area contributed by atoms with Crippen LogP contribution >= 0.6 is 0 Å². The van der Waals surface area contributed by atoms with E-state index in [1.165, 1.54) is 0 Å². The molecule has 0 spiro atoms. The molecule has 0 radical (unpaired) electrons. The van der Waals surface area contributed by atoms with E-state index >= 15 is 0 Å². The normalized spacial score (nSPS) is 10.3. The average Bonchev–Trinajstić information content (AvgIpc) is 2.66. The lowest BCUT2D eigenvalue weighted by Crippen LogP contribution is -2.23. The van der Waals surface area contributed by atoms with Gasteiger partial charge in [-0.2, -0.15) is 4.98 Å². The monoisotopic (exact) mass is 334 g/mol. The SMILES string of the molecule is CCN(CC)c1ccnc(Nc2ccccc2Oc2ccccc2)n1. The van der Waals surface area contributed by atoms with Gasteiger partial charge in [-0.3, -0.25) is 0 Å². The fourth-order valence-corrected chi connectivity index (χ4v) is 2.53. The number of nitrogens with one attached hydrogen (secondary N) is 1. The number of anilines is 3. The van der Waals surface area contributed by atoms with E-state index in [2.05, 4.69) is 34.0 Å². The minimum atomic E-state index is 0.550. The van der Waals surface area contributed by atoms with E-state index in [0.717, 1.165) is 36.1 Å². The number of ether oxygens (including phenoxy) is 1. The molecule has 128 valence electrons. The summed E-state index contributed by atoms with van der Waals surface area (Å²) < 4.78 is 5.97. The Labute approximate surface area is 148 Å². The smallest absolute Gasteiger partial charge is 0.229 e. The number of benzene rings is 2. The Morgan fingerprint density at radius 2 is 1.64 bits per heavy atom. The molecule has 25 heavy (non-hydrogen) atoms. The fourth-order valence-electron chi connectivity index (χ4n) is 2.53. The van der Waals surface area contributed by atoms with Crippen molar-refractivity contribution in [1.29, 1.82) is 0 Å². The number of rotatable bonds is 7. The van der Waals surface area contributed by atoms with Gasteiger partial charge in [-0.05, 0) is 44.2 Å². The van der Waals surface area contributed by atoms with Crippen LogP contribution in [0, 0.1) is 0 Å². The summed E-state index contributed by atoms with van der Waals surface area (Å²) in [5.74, 6) is 2.97. The first-order valence-electron chi connectivity index (χ1n) is 8.47. The lowest BCUT2D eigenvalue weighted by Gasteiger charge is -2.20. The summed E-state index contributed by atoms with van der Waals surface area (Å²) in [6.07, 6.45) is 1.77. The Morgan fingerprint density at radius 1 is 0.920 bits per heavy atom. The topological polar surface area (TPSA) is 50.3 Å². The van der Waals surface area contributed by atoms with Gasteiger partial charge in [-0.15, -0.1) is 0 Å². The van der Waals surface area contributed by atoms with Crippen molar-refractivity contribution in [2.24, 2.45) is 0 Å². The van der Waals surface area contributed by atoms with Crippen molar-refractivity contribution < 1.29 is 4.74 Å². The van der Waals surface area contributed by atoms with Gasteiger partial charge in [0.2, 0.25) is 5.95 Å². The van der Waals surface area contributed by atoms with Crippen molar-refractivity contribution in [2.75, 3.05) is 23.3 Å². The Kier molecular flexibility index (Phi) is 5.46. The summed E-state index contributed by atoms with van der Waals surface area (Å²) >= 11 is 0. The van der Waals surface area contributed by atoms with Crippen LogP contribution in [0.3, 0.4) is 0 Å². The van der Waals surface area contributed by atoms with Crippen molar-refractivity contribution in [3.8, 4) is 11.5 Å². The van der Waals surface area contributed by atoms with Gasteiger partial charge in [0.1, 0.15) is 11.6 Å². The predicted octanol–water partition coefficient (Wildman–Crippen LogP) is 4.86. The van der Waals surface area contributed by atoms with E-state index in [1.807, 2.05) is 60.7 Å². The molecule has 5 nitrogen and oxygen atoms in total. The second-order valence-corrected chi connectivity index (χ2v) is 5.45. The molecule has 0 aliphatic rings. The molecule has 0 bridgehead atoms. The van der Waals surface area contributed by atoms with E-state index in [9.17, 15) is 0 Å². The zero-order chi connectivity index (χ0) is 17.5. The van der Waals surface area contributed by atoms with Gasteiger partial charge in [0.25, 0.3) is 0 Å². The van der Waals surface area contributed by atoms with Crippen molar-refractivity contribution in [2.45, 2.75) is 13.8 Å². The van der Waals surface area contributed by atoms with Gasteiger partial charge in [0.05, 0.1) is 5.69 Å². The van der Waals surface area contributed by atoms with Crippen LogP contribution in [0.5, 0.6) is 11.5 Å². The third-order valence-electron chi connectivity index (χ3n) is 3.83. The Bertz CT molecular complexity index is 804. The van der Waals surface area contributed by atoms with E-state index in [4.69, 9.17) is 4.74 Å². The van der Waals surface area contributed by atoms with Gasteiger partial charge >= 0.3 is 0 Å². The second-order valence-electron chi connectivity index (χ2n) is 5.45. The minimum absolute atomic E-state index is 0.550. The summed E-state index contributed by atoms with van der Waals surface area (Å²) in [6.45, 7) is 6.03. The number of aromatic nitrogens is 2. The molecule has 1 N–H and O–H groups in total. The lowest BCUT2D eigenvalue weighted by atomic mass is 10.3. The van der Waals surface area contributed by atoms with Gasteiger partial charge in [-0.1, -0.05) is 30.3 Å². The molecule has 0 aliphatic heterocycles. The molecular weight excluding hydrogens is 312 g/mol. The van der Waals surface area contributed by atoms with E-state index in [0.29, 0.717) is 5.95 Å². The van der Waals surface area contributed by atoms with Gasteiger partial charge in [0, 0.05) is 19.3 Å². The lowest BCUT2D eigenvalue weighted by molar-refractivity contribution is 0.485. The van der Waals surface area contributed by atoms with Crippen LogP contribution in [-0.4, -0.2) is 23.1 Å². The third-order valence-corrected chi connectivity index (χ3v) is 3.83. The summed E-state index contributed by atoms with van der Waals surface area (Å²) in [5.41, 5.74) is 0.822. The largest absolute Gasteiger partial charge is 0.455 e. The summed E-state index contributed by atoms with van der Waals surface area (Å²) in [6, 6.07) is 19.4. The van der Waals surface area contributed by atoms with Crippen molar-refractivity contribution >= 4 is 17.5 Å². The first-order valence-corrected chi connectivity index (χ1v) is 8.47. The molecule has 5 heteroatoms. The maximum absolute atomic E-state index is 5.97.